The fraction of sp³-hybridized carbons (Fsp3) is 0.133. The molecule has 0 spiro atoms. The highest BCUT2D eigenvalue weighted by atomic mass is 32.2. The van der Waals surface area contributed by atoms with Crippen LogP contribution in [0.1, 0.15) is 10.8 Å². The highest BCUT2D eigenvalue weighted by molar-refractivity contribution is 8.00. The number of thioether (sulfide) groups is 1. The van der Waals surface area contributed by atoms with Gasteiger partial charge in [-0.2, -0.15) is 0 Å². The number of benzene rings is 2. The summed E-state index contributed by atoms with van der Waals surface area (Å²) in [4.78, 5) is 12.9. The lowest BCUT2D eigenvalue weighted by Gasteiger charge is -2.14. The molecule has 3 heteroatoms. The number of ether oxygens (including phenoxy) is 1. The molecule has 0 radical (unpaired) electrons. The molecule has 0 saturated heterocycles. The minimum Gasteiger partial charge on any atom is -0.468 e. The first-order valence-electron chi connectivity index (χ1n) is 5.66. The van der Waals surface area contributed by atoms with Crippen LogP contribution in [0.5, 0.6) is 0 Å². The van der Waals surface area contributed by atoms with E-state index < -0.39 is 0 Å². The number of hydrogen-bond acceptors (Lipinski definition) is 3. The van der Waals surface area contributed by atoms with Crippen molar-refractivity contribution in [1.29, 1.82) is 0 Å². The summed E-state index contributed by atoms with van der Waals surface area (Å²) in [6.07, 6.45) is 0. The van der Waals surface area contributed by atoms with Crippen molar-refractivity contribution in [2.24, 2.45) is 0 Å². The van der Waals surface area contributed by atoms with Gasteiger partial charge in [0.05, 0.1) is 7.11 Å². The molecule has 0 bridgehead atoms. The summed E-state index contributed by atoms with van der Waals surface area (Å²) in [5.41, 5.74) is 0.957. The first-order valence-corrected chi connectivity index (χ1v) is 6.53. The van der Waals surface area contributed by atoms with E-state index in [9.17, 15) is 4.79 Å². The lowest BCUT2D eigenvalue weighted by Crippen LogP contribution is -2.10. The largest absolute Gasteiger partial charge is 0.468 e. The molecule has 0 aliphatic heterocycles. The van der Waals surface area contributed by atoms with E-state index in [4.69, 9.17) is 4.74 Å². The minimum atomic E-state index is -0.321. The van der Waals surface area contributed by atoms with E-state index in [-0.39, 0.29) is 11.2 Å². The highest BCUT2D eigenvalue weighted by Gasteiger charge is 2.22. The summed E-state index contributed by atoms with van der Waals surface area (Å²) in [5.74, 6) is -0.227. The molecule has 1 atom stereocenters. The molecule has 18 heavy (non-hydrogen) atoms. The Morgan fingerprint density at radius 3 is 2.11 bits per heavy atom. The van der Waals surface area contributed by atoms with Gasteiger partial charge < -0.3 is 4.74 Å². The molecular weight excluding hydrogens is 244 g/mol. The number of methoxy groups -OCH3 is 1. The van der Waals surface area contributed by atoms with E-state index >= 15 is 0 Å². The molecule has 0 N–H and O–H groups in total. The Balaban J connectivity index is 2.24. The third kappa shape index (κ3) is 3.14. The van der Waals surface area contributed by atoms with Crippen molar-refractivity contribution in [2.45, 2.75) is 10.1 Å². The molecule has 2 aromatic rings. The SMILES string of the molecule is COC(=O)C(Sc1ccccc1)c1ccccc1. The number of hydrogen-bond donors (Lipinski definition) is 0. The predicted molar refractivity (Wildman–Crippen MR) is 73.5 cm³/mol. The van der Waals surface area contributed by atoms with Gasteiger partial charge in [-0.3, -0.25) is 4.79 Å². The van der Waals surface area contributed by atoms with E-state index in [2.05, 4.69) is 0 Å². The molecule has 0 amide bonds. The molecule has 0 aliphatic rings. The predicted octanol–water partition coefficient (Wildman–Crippen LogP) is 3.69. The van der Waals surface area contributed by atoms with Crippen LogP contribution in [-0.4, -0.2) is 13.1 Å². The molecule has 0 aromatic heterocycles. The Kier molecular flexibility index (Phi) is 4.42. The van der Waals surface area contributed by atoms with Gasteiger partial charge in [0.1, 0.15) is 5.25 Å². The lowest BCUT2D eigenvalue weighted by atomic mass is 10.1. The van der Waals surface area contributed by atoms with Gasteiger partial charge in [-0.25, -0.2) is 0 Å². The van der Waals surface area contributed by atoms with Gasteiger partial charge in [0, 0.05) is 4.90 Å². The molecule has 2 aromatic carbocycles. The zero-order chi connectivity index (χ0) is 12.8. The normalized spacial score (nSPS) is 11.8. The van der Waals surface area contributed by atoms with Gasteiger partial charge in [-0.05, 0) is 17.7 Å². The zero-order valence-electron chi connectivity index (χ0n) is 10.1. The number of carbonyl (C=O) groups is 1. The van der Waals surface area contributed by atoms with Crippen molar-refractivity contribution in [3.05, 3.63) is 66.2 Å². The Hall–Kier alpha value is -1.74. The molecular formula is C15H14O2S. The maximum atomic E-state index is 11.9. The van der Waals surface area contributed by atoms with Gasteiger partial charge in [0.25, 0.3) is 0 Å². The first kappa shape index (κ1) is 12.7. The third-order valence-corrected chi connectivity index (χ3v) is 3.76. The molecule has 0 aliphatic carbocycles. The molecule has 1 unspecified atom stereocenters. The van der Waals surface area contributed by atoms with E-state index in [1.807, 2.05) is 60.7 Å². The van der Waals surface area contributed by atoms with Gasteiger partial charge in [0.2, 0.25) is 0 Å². The second-order valence-electron chi connectivity index (χ2n) is 3.74. The van der Waals surface area contributed by atoms with Crippen LogP contribution < -0.4 is 0 Å². The van der Waals surface area contributed by atoms with Crippen LogP contribution in [0.25, 0.3) is 0 Å². The minimum absolute atomic E-state index is 0.227. The standard InChI is InChI=1S/C15H14O2S/c1-17-15(16)14(12-8-4-2-5-9-12)18-13-10-6-3-7-11-13/h2-11,14H,1H3. The number of esters is 1. The summed E-state index contributed by atoms with van der Waals surface area (Å²) in [6.45, 7) is 0. The zero-order valence-corrected chi connectivity index (χ0v) is 10.9. The van der Waals surface area contributed by atoms with Gasteiger partial charge in [-0.1, -0.05) is 48.5 Å². The van der Waals surface area contributed by atoms with Crippen LogP contribution in [0.2, 0.25) is 0 Å². The summed E-state index contributed by atoms with van der Waals surface area (Å²) >= 11 is 1.50. The van der Waals surface area contributed by atoms with Crippen LogP contribution in [0.15, 0.2) is 65.6 Å². The summed E-state index contributed by atoms with van der Waals surface area (Å²) < 4.78 is 4.88. The third-order valence-electron chi connectivity index (χ3n) is 2.51. The Labute approximate surface area is 111 Å². The molecule has 92 valence electrons. The van der Waals surface area contributed by atoms with Crippen molar-refractivity contribution >= 4 is 17.7 Å². The molecule has 0 fully saturated rings. The number of rotatable bonds is 4. The lowest BCUT2D eigenvalue weighted by molar-refractivity contribution is -0.140. The number of carbonyl (C=O) groups excluding carboxylic acids is 1. The maximum Gasteiger partial charge on any atom is 0.323 e. The fourth-order valence-corrected chi connectivity index (χ4v) is 2.69. The van der Waals surface area contributed by atoms with E-state index in [1.165, 1.54) is 18.9 Å². The van der Waals surface area contributed by atoms with Crippen molar-refractivity contribution in [3.8, 4) is 0 Å². The molecule has 0 heterocycles. The van der Waals surface area contributed by atoms with Gasteiger partial charge >= 0.3 is 5.97 Å². The van der Waals surface area contributed by atoms with Crippen LogP contribution in [0.3, 0.4) is 0 Å². The van der Waals surface area contributed by atoms with Crippen molar-refractivity contribution < 1.29 is 9.53 Å². The highest BCUT2D eigenvalue weighted by Crippen LogP contribution is 2.35. The van der Waals surface area contributed by atoms with E-state index in [0.717, 1.165) is 10.5 Å². The molecule has 2 nitrogen and oxygen atoms in total. The van der Waals surface area contributed by atoms with Crippen LogP contribution >= 0.6 is 11.8 Å². The Morgan fingerprint density at radius 2 is 1.56 bits per heavy atom. The van der Waals surface area contributed by atoms with Crippen LogP contribution in [0, 0.1) is 0 Å². The van der Waals surface area contributed by atoms with Crippen molar-refractivity contribution in [1.82, 2.24) is 0 Å². The average molecular weight is 258 g/mol. The van der Waals surface area contributed by atoms with E-state index in [1.54, 1.807) is 0 Å². The summed E-state index contributed by atoms with van der Waals surface area (Å²) in [6, 6.07) is 19.5. The first-order chi connectivity index (χ1) is 8.81. The summed E-state index contributed by atoms with van der Waals surface area (Å²) in [7, 11) is 1.42. The van der Waals surface area contributed by atoms with Crippen LogP contribution in [0.4, 0.5) is 0 Å². The molecule has 0 saturated carbocycles. The Morgan fingerprint density at radius 1 is 1.00 bits per heavy atom. The van der Waals surface area contributed by atoms with Crippen molar-refractivity contribution in [3.63, 3.8) is 0 Å². The van der Waals surface area contributed by atoms with Crippen molar-refractivity contribution in [2.75, 3.05) is 7.11 Å². The second-order valence-corrected chi connectivity index (χ2v) is 4.92. The average Bonchev–Trinajstić information content (AvgIpc) is 2.46. The topological polar surface area (TPSA) is 26.3 Å². The molecule has 2 rings (SSSR count). The summed E-state index contributed by atoms with van der Waals surface area (Å²) in [5, 5.41) is -0.321. The van der Waals surface area contributed by atoms with Gasteiger partial charge in [0.15, 0.2) is 0 Å². The second kappa shape index (κ2) is 6.26. The fourth-order valence-electron chi connectivity index (χ4n) is 1.62. The monoisotopic (exact) mass is 258 g/mol. The maximum absolute atomic E-state index is 11.9. The smallest absolute Gasteiger partial charge is 0.323 e. The van der Waals surface area contributed by atoms with E-state index in [0.29, 0.717) is 0 Å². The van der Waals surface area contributed by atoms with Crippen LogP contribution in [-0.2, 0) is 9.53 Å². The van der Waals surface area contributed by atoms with Gasteiger partial charge in [-0.15, -0.1) is 11.8 Å². The Bertz CT molecular complexity index is 496. The quantitative estimate of drug-likeness (QED) is 0.618.